The van der Waals surface area contributed by atoms with Crippen LogP contribution in [0, 0.1) is 0 Å². The molecule has 11 heavy (non-hydrogen) atoms. The van der Waals surface area contributed by atoms with E-state index in [1.165, 1.54) is 12.3 Å². The zero-order chi connectivity index (χ0) is 8.32. The average Bonchev–Trinajstić information content (AvgIpc) is 1.85. The summed E-state index contributed by atoms with van der Waals surface area (Å²) in [6.45, 7) is 0. The lowest BCUT2D eigenvalue weighted by atomic mass is 10.5. The normalized spacial score (nSPS) is 15.5. The Bertz CT molecular complexity index is 269. The fraction of sp³-hybridized carbons (Fsp3) is 0. The molecule has 1 aromatic heterocycles. The van der Waals surface area contributed by atoms with Crippen molar-refractivity contribution in [2.45, 2.75) is 0 Å². The minimum atomic E-state index is -4.67. The number of phosphoric acid groups is 1. The smallest absolute Gasteiger partial charge is 0.371 e. The van der Waals surface area contributed by atoms with Crippen LogP contribution in [0.3, 0.4) is 0 Å². The molecule has 0 saturated heterocycles. The Morgan fingerprint density at radius 2 is 2.36 bits per heavy atom. The van der Waals surface area contributed by atoms with E-state index in [2.05, 4.69) is 9.51 Å². The molecule has 1 heterocycles. The van der Waals surface area contributed by atoms with Crippen LogP contribution in [-0.2, 0) is 4.57 Å². The highest BCUT2D eigenvalue weighted by Gasteiger charge is 2.07. The van der Waals surface area contributed by atoms with Crippen LogP contribution in [-0.4, -0.2) is 4.89 Å². The first-order chi connectivity index (χ1) is 5.08. The van der Waals surface area contributed by atoms with Crippen LogP contribution >= 0.6 is 7.82 Å². The quantitative estimate of drug-likeness (QED) is 0.604. The lowest BCUT2D eigenvalue weighted by Gasteiger charge is -2.11. The summed E-state index contributed by atoms with van der Waals surface area (Å²) in [5.41, 5.74) is 0. The van der Waals surface area contributed by atoms with Gasteiger partial charge in [-0.25, -0.2) is 0 Å². The third-order valence-electron chi connectivity index (χ3n) is 0.894. The molecule has 0 radical (unpaired) electrons. The molecule has 1 atom stereocenters. The molecule has 1 aromatic rings. The standard InChI is InChI=1S/C5H6NO4P/c7-11(8,9)10-5-3-1-2-4-6-5/h1-4H,(H2,7,8,9). The third-order valence-corrected chi connectivity index (χ3v) is 1.32. The van der Waals surface area contributed by atoms with Crippen LogP contribution in [0.15, 0.2) is 24.4 Å². The Balaban J connectivity index is 2.74. The van der Waals surface area contributed by atoms with Crippen LogP contribution in [0.1, 0.15) is 0 Å². The van der Waals surface area contributed by atoms with E-state index in [-0.39, 0.29) is 5.88 Å². The second-order valence-corrected chi connectivity index (χ2v) is 2.91. The van der Waals surface area contributed by atoms with Gasteiger partial charge in [0.15, 0.2) is 6.20 Å². The maximum absolute atomic E-state index is 10.1. The van der Waals surface area contributed by atoms with Crippen molar-refractivity contribution < 1.29 is 23.9 Å². The predicted octanol–water partition coefficient (Wildman–Crippen LogP) is -0.660. The van der Waals surface area contributed by atoms with Crippen LogP contribution in [0.2, 0.25) is 0 Å². The molecule has 0 aliphatic carbocycles. The molecule has 0 saturated carbocycles. The van der Waals surface area contributed by atoms with E-state index < -0.39 is 7.82 Å². The zero-order valence-electron chi connectivity index (χ0n) is 5.43. The van der Waals surface area contributed by atoms with Gasteiger partial charge >= 0.3 is 13.7 Å². The van der Waals surface area contributed by atoms with Gasteiger partial charge in [0, 0.05) is 6.07 Å². The first-order valence-electron chi connectivity index (χ1n) is 2.78. The molecule has 5 nitrogen and oxygen atoms in total. The lowest BCUT2D eigenvalue weighted by Crippen LogP contribution is -2.12. The molecule has 1 unspecified atom stereocenters. The van der Waals surface area contributed by atoms with Crippen LogP contribution < -0.4 is 14.4 Å². The van der Waals surface area contributed by atoms with E-state index in [1.807, 2.05) is 0 Å². The molecule has 0 bridgehead atoms. The van der Waals surface area contributed by atoms with Crippen molar-refractivity contribution in [3.05, 3.63) is 24.4 Å². The van der Waals surface area contributed by atoms with E-state index in [0.29, 0.717) is 0 Å². The van der Waals surface area contributed by atoms with Crippen molar-refractivity contribution in [1.29, 1.82) is 0 Å². The Labute approximate surface area is 62.9 Å². The minimum absolute atomic E-state index is 0.0201. The summed E-state index contributed by atoms with van der Waals surface area (Å²) in [7, 11) is -4.67. The van der Waals surface area contributed by atoms with Gasteiger partial charge in [0.1, 0.15) is 0 Å². The first kappa shape index (κ1) is 8.20. The Hall–Kier alpha value is -0.900. The molecule has 0 fully saturated rings. The SMILES string of the molecule is O=P([O-])(O)Oc1cccc[nH+]1. The molecule has 0 aliphatic heterocycles. The summed E-state index contributed by atoms with van der Waals surface area (Å²) >= 11 is 0. The molecule has 0 aliphatic rings. The first-order valence-corrected chi connectivity index (χ1v) is 4.27. The number of aromatic nitrogens is 1. The van der Waals surface area contributed by atoms with E-state index in [9.17, 15) is 9.46 Å². The van der Waals surface area contributed by atoms with Gasteiger partial charge < -0.3 is 14.3 Å². The van der Waals surface area contributed by atoms with Gasteiger partial charge in [0.25, 0.3) is 0 Å². The second-order valence-electron chi connectivity index (χ2n) is 1.79. The van der Waals surface area contributed by atoms with Crippen molar-refractivity contribution in [3.8, 4) is 5.88 Å². The molecule has 0 aromatic carbocycles. The van der Waals surface area contributed by atoms with Crippen molar-refractivity contribution in [2.24, 2.45) is 0 Å². The number of hydrogen-bond acceptors (Lipinski definition) is 3. The van der Waals surface area contributed by atoms with Crippen LogP contribution in [0.5, 0.6) is 5.88 Å². The van der Waals surface area contributed by atoms with Gasteiger partial charge in [-0.1, -0.05) is 0 Å². The van der Waals surface area contributed by atoms with Gasteiger partial charge in [0.05, 0.1) is 6.07 Å². The zero-order valence-corrected chi connectivity index (χ0v) is 6.32. The fourth-order valence-electron chi connectivity index (χ4n) is 0.558. The largest absolute Gasteiger partial charge is 0.746 e. The summed E-state index contributed by atoms with van der Waals surface area (Å²) in [6.07, 6.45) is 1.48. The number of phosphoric ester groups is 1. The molecular weight excluding hydrogens is 169 g/mol. The predicted molar refractivity (Wildman–Crippen MR) is 33.5 cm³/mol. The number of rotatable bonds is 2. The Morgan fingerprint density at radius 3 is 2.82 bits per heavy atom. The molecule has 2 N–H and O–H groups in total. The number of pyridine rings is 1. The highest BCUT2D eigenvalue weighted by molar-refractivity contribution is 7.45. The second kappa shape index (κ2) is 3.00. The Morgan fingerprint density at radius 1 is 1.64 bits per heavy atom. The van der Waals surface area contributed by atoms with Gasteiger partial charge in [-0.15, -0.1) is 0 Å². The lowest BCUT2D eigenvalue weighted by molar-refractivity contribution is -0.391. The van der Waals surface area contributed by atoms with E-state index in [0.717, 1.165) is 0 Å². The third kappa shape index (κ3) is 3.13. The van der Waals surface area contributed by atoms with E-state index in [4.69, 9.17) is 4.89 Å². The average molecular weight is 175 g/mol. The van der Waals surface area contributed by atoms with Crippen LogP contribution in [0.25, 0.3) is 0 Å². The summed E-state index contributed by atoms with van der Waals surface area (Å²) in [5, 5.41) is 0. The van der Waals surface area contributed by atoms with Crippen molar-refractivity contribution in [2.75, 3.05) is 0 Å². The summed E-state index contributed by atoms with van der Waals surface area (Å²) < 4.78 is 14.2. The maximum atomic E-state index is 10.1. The minimum Gasteiger partial charge on any atom is -0.746 e. The van der Waals surface area contributed by atoms with Crippen molar-refractivity contribution in [3.63, 3.8) is 0 Å². The van der Waals surface area contributed by atoms with E-state index >= 15 is 0 Å². The maximum Gasteiger partial charge on any atom is 0.371 e. The van der Waals surface area contributed by atoms with Crippen molar-refractivity contribution >= 4 is 7.82 Å². The summed E-state index contributed by atoms with van der Waals surface area (Å²) in [4.78, 5) is 20.8. The topological polar surface area (TPSA) is 83.7 Å². The summed E-state index contributed by atoms with van der Waals surface area (Å²) in [5.74, 6) is -0.0201. The van der Waals surface area contributed by atoms with Gasteiger partial charge in [-0.2, -0.15) is 4.98 Å². The van der Waals surface area contributed by atoms with Gasteiger partial charge in [0.2, 0.25) is 0 Å². The monoisotopic (exact) mass is 175 g/mol. The number of nitrogens with one attached hydrogen (secondary N) is 1. The van der Waals surface area contributed by atoms with Gasteiger partial charge in [-0.05, 0) is 6.07 Å². The van der Waals surface area contributed by atoms with E-state index in [1.54, 1.807) is 12.1 Å². The highest BCUT2D eigenvalue weighted by atomic mass is 31.2. The Kier molecular flexibility index (Phi) is 2.24. The molecule has 6 heteroatoms. The van der Waals surface area contributed by atoms with Crippen molar-refractivity contribution in [1.82, 2.24) is 0 Å². The number of H-pyrrole nitrogens is 1. The number of aromatic amines is 1. The molecule has 0 amide bonds. The molecule has 1 rings (SSSR count). The molecule has 0 spiro atoms. The molecular formula is C5H6NO4P. The fourth-order valence-corrected chi connectivity index (χ4v) is 0.920. The van der Waals surface area contributed by atoms with Crippen LogP contribution in [0.4, 0.5) is 0 Å². The summed E-state index contributed by atoms with van der Waals surface area (Å²) in [6, 6.07) is 4.60. The van der Waals surface area contributed by atoms with Gasteiger partial charge in [-0.3, -0.25) is 4.57 Å². The number of hydrogen-bond donors (Lipinski definition) is 1. The highest BCUT2D eigenvalue weighted by Crippen LogP contribution is 2.29. The molecule has 60 valence electrons.